The summed E-state index contributed by atoms with van der Waals surface area (Å²) in [7, 11) is 0. The maximum Gasteiger partial charge on any atom is 0.313 e. The van der Waals surface area contributed by atoms with Crippen LogP contribution in [-0.4, -0.2) is 17.9 Å². The van der Waals surface area contributed by atoms with E-state index in [0.717, 1.165) is 24.8 Å². The Hall–Kier alpha value is -1.55. The first-order valence-corrected chi connectivity index (χ1v) is 7.74. The van der Waals surface area contributed by atoms with E-state index >= 15 is 0 Å². The second-order valence-electron chi connectivity index (χ2n) is 5.71. The first-order valence-electron chi connectivity index (χ1n) is 7.36. The van der Waals surface area contributed by atoms with Crippen molar-refractivity contribution in [3.63, 3.8) is 0 Å². The van der Waals surface area contributed by atoms with E-state index in [4.69, 9.17) is 11.6 Å². The second-order valence-corrected chi connectivity index (χ2v) is 6.12. The minimum atomic E-state index is -0.641. The zero-order valence-corrected chi connectivity index (χ0v) is 13.2. The zero-order chi connectivity index (χ0) is 15.4. The summed E-state index contributed by atoms with van der Waals surface area (Å²) in [6, 6.07) is 5.32. The molecular formula is C16H21ClN2O2. The molecule has 0 bridgehead atoms. The fourth-order valence-corrected chi connectivity index (χ4v) is 2.86. The molecule has 114 valence electrons. The molecule has 21 heavy (non-hydrogen) atoms. The minimum absolute atomic E-state index is 0.0949. The summed E-state index contributed by atoms with van der Waals surface area (Å²) in [6.45, 7) is 3.92. The Morgan fingerprint density at radius 3 is 2.62 bits per heavy atom. The molecule has 1 aromatic carbocycles. The number of amides is 2. The van der Waals surface area contributed by atoms with Crippen LogP contribution in [-0.2, 0) is 9.59 Å². The Morgan fingerprint density at radius 1 is 1.19 bits per heavy atom. The summed E-state index contributed by atoms with van der Waals surface area (Å²) in [5.74, 6) is -0.797. The van der Waals surface area contributed by atoms with Gasteiger partial charge in [0, 0.05) is 16.8 Å². The molecule has 2 unspecified atom stereocenters. The van der Waals surface area contributed by atoms with Gasteiger partial charge in [-0.15, -0.1) is 0 Å². The van der Waals surface area contributed by atoms with Crippen LogP contribution in [0.3, 0.4) is 0 Å². The molecule has 0 spiro atoms. The summed E-state index contributed by atoms with van der Waals surface area (Å²) in [6.07, 6.45) is 4.34. The molecule has 1 aliphatic carbocycles. The number of nitrogens with one attached hydrogen (secondary N) is 2. The van der Waals surface area contributed by atoms with E-state index in [1.807, 2.05) is 0 Å². The lowest BCUT2D eigenvalue weighted by molar-refractivity contribution is -0.137. The number of carbonyl (C=O) groups excluding carboxylic acids is 2. The highest BCUT2D eigenvalue weighted by Gasteiger charge is 2.25. The molecule has 0 aromatic heterocycles. The predicted octanol–water partition coefficient (Wildman–Crippen LogP) is 3.28. The molecule has 0 radical (unpaired) electrons. The summed E-state index contributed by atoms with van der Waals surface area (Å²) in [5, 5.41) is 6.02. The maximum atomic E-state index is 12.0. The highest BCUT2D eigenvalue weighted by Crippen LogP contribution is 2.24. The van der Waals surface area contributed by atoms with Crippen molar-refractivity contribution in [1.29, 1.82) is 0 Å². The standard InChI is InChI=1S/C16H21ClN2O2/c1-10-6-3-4-8-13(10)18-15(20)16(21)19-14-9-5-7-12(17)11(14)2/h5,7,9-10,13H,3-4,6,8H2,1-2H3,(H,18,20)(H,19,21). The Kier molecular flexibility index (Phi) is 5.23. The van der Waals surface area contributed by atoms with E-state index < -0.39 is 11.8 Å². The van der Waals surface area contributed by atoms with Crippen molar-refractivity contribution in [3.05, 3.63) is 28.8 Å². The first-order chi connectivity index (χ1) is 9.99. The molecule has 0 saturated heterocycles. The van der Waals surface area contributed by atoms with Crippen LogP contribution in [0.15, 0.2) is 18.2 Å². The molecule has 2 rings (SSSR count). The molecule has 2 atom stereocenters. The van der Waals surface area contributed by atoms with Crippen LogP contribution in [0.5, 0.6) is 0 Å². The van der Waals surface area contributed by atoms with E-state index in [-0.39, 0.29) is 6.04 Å². The summed E-state index contributed by atoms with van der Waals surface area (Å²) in [5.41, 5.74) is 1.32. The van der Waals surface area contributed by atoms with Gasteiger partial charge >= 0.3 is 11.8 Å². The fourth-order valence-electron chi connectivity index (χ4n) is 2.69. The van der Waals surface area contributed by atoms with Crippen molar-refractivity contribution >= 4 is 29.1 Å². The third-order valence-electron chi connectivity index (χ3n) is 4.15. The van der Waals surface area contributed by atoms with Gasteiger partial charge in [-0.05, 0) is 43.4 Å². The molecule has 1 fully saturated rings. The van der Waals surface area contributed by atoms with Crippen LogP contribution in [0.2, 0.25) is 5.02 Å². The van der Waals surface area contributed by atoms with Gasteiger partial charge in [-0.2, -0.15) is 0 Å². The van der Waals surface area contributed by atoms with Gasteiger partial charge in [-0.1, -0.05) is 37.4 Å². The predicted molar refractivity (Wildman–Crippen MR) is 84.4 cm³/mol. The Balaban J connectivity index is 1.96. The number of rotatable bonds is 2. The molecular weight excluding hydrogens is 288 g/mol. The van der Waals surface area contributed by atoms with Crippen LogP contribution in [0.4, 0.5) is 5.69 Å². The summed E-state index contributed by atoms with van der Waals surface area (Å²) >= 11 is 6.00. The van der Waals surface area contributed by atoms with Crippen molar-refractivity contribution in [3.8, 4) is 0 Å². The second kappa shape index (κ2) is 6.94. The third-order valence-corrected chi connectivity index (χ3v) is 4.56. The maximum absolute atomic E-state index is 12.0. The molecule has 2 N–H and O–H groups in total. The van der Waals surface area contributed by atoms with Gasteiger partial charge in [-0.25, -0.2) is 0 Å². The SMILES string of the molecule is Cc1c(Cl)cccc1NC(=O)C(=O)NC1CCCCC1C. The van der Waals surface area contributed by atoms with Crippen molar-refractivity contribution in [1.82, 2.24) is 5.32 Å². The number of benzene rings is 1. The molecule has 1 saturated carbocycles. The molecule has 5 heteroatoms. The largest absolute Gasteiger partial charge is 0.345 e. The summed E-state index contributed by atoms with van der Waals surface area (Å²) in [4.78, 5) is 24.0. The molecule has 0 aliphatic heterocycles. The van der Waals surface area contributed by atoms with Gasteiger partial charge in [0.2, 0.25) is 0 Å². The highest BCUT2D eigenvalue weighted by atomic mass is 35.5. The summed E-state index contributed by atoms with van der Waals surface area (Å²) < 4.78 is 0. The van der Waals surface area contributed by atoms with Crippen molar-refractivity contribution in [2.45, 2.75) is 45.6 Å². The monoisotopic (exact) mass is 308 g/mol. The lowest BCUT2D eigenvalue weighted by atomic mass is 9.86. The van der Waals surface area contributed by atoms with Gasteiger partial charge in [0.15, 0.2) is 0 Å². The van der Waals surface area contributed by atoms with Gasteiger partial charge in [-0.3, -0.25) is 9.59 Å². The number of halogens is 1. The Bertz CT molecular complexity index is 545. The Labute approximate surface area is 130 Å². The van der Waals surface area contributed by atoms with Crippen molar-refractivity contribution < 1.29 is 9.59 Å². The smallest absolute Gasteiger partial charge is 0.313 e. The average Bonchev–Trinajstić information content (AvgIpc) is 2.46. The lowest BCUT2D eigenvalue weighted by Gasteiger charge is -2.29. The van der Waals surface area contributed by atoms with Gasteiger partial charge in [0.25, 0.3) is 0 Å². The Morgan fingerprint density at radius 2 is 1.90 bits per heavy atom. The van der Waals surface area contributed by atoms with E-state index in [9.17, 15) is 9.59 Å². The average molecular weight is 309 g/mol. The molecule has 4 nitrogen and oxygen atoms in total. The highest BCUT2D eigenvalue weighted by molar-refractivity contribution is 6.40. The molecule has 1 aromatic rings. The quantitative estimate of drug-likeness (QED) is 0.824. The van der Waals surface area contributed by atoms with E-state index in [2.05, 4.69) is 17.6 Å². The van der Waals surface area contributed by atoms with Crippen LogP contribution in [0, 0.1) is 12.8 Å². The van der Waals surface area contributed by atoms with Crippen LogP contribution >= 0.6 is 11.6 Å². The normalized spacial score (nSPS) is 21.7. The van der Waals surface area contributed by atoms with E-state index in [1.54, 1.807) is 25.1 Å². The van der Waals surface area contributed by atoms with Crippen molar-refractivity contribution in [2.24, 2.45) is 5.92 Å². The van der Waals surface area contributed by atoms with Crippen molar-refractivity contribution in [2.75, 3.05) is 5.32 Å². The lowest BCUT2D eigenvalue weighted by Crippen LogP contribution is -2.45. The number of anilines is 1. The first kappa shape index (κ1) is 15.8. The van der Waals surface area contributed by atoms with Gasteiger partial charge in [0.05, 0.1) is 0 Å². The van der Waals surface area contributed by atoms with E-state index in [0.29, 0.717) is 16.6 Å². The molecule has 2 amide bonds. The topological polar surface area (TPSA) is 58.2 Å². The fraction of sp³-hybridized carbons (Fsp3) is 0.500. The van der Waals surface area contributed by atoms with Gasteiger partial charge in [0.1, 0.15) is 0 Å². The van der Waals surface area contributed by atoms with Gasteiger partial charge < -0.3 is 10.6 Å². The number of carbonyl (C=O) groups is 2. The molecule has 1 aliphatic rings. The molecule has 0 heterocycles. The van der Waals surface area contributed by atoms with E-state index in [1.165, 1.54) is 6.42 Å². The van der Waals surface area contributed by atoms with Crippen LogP contribution < -0.4 is 10.6 Å². The zero-order valence-electron chi connectivity index (χ0n) is 12.4. The number of hydrogen-bond acceptors (Lipinski definition) is 2. The number of hydrogen-bond donors (Lipinski definition) is 2. The van der Waals surface area contributed by atoms with Crippen LogP contribution in [0.1, 0.15) is 38.2 Å². The minimum Gasteiger partial charge on any atom is -0.345 e. The third kappa shape index (κ3) is 3.97. The van der Waals surface area contributed by atoms with Crippen LogP contribution in [0.25, 0.3) is 0 Å².